The summed E-state index contributed by atoms with van der Waals surface area (Å²) in [6.45, 7) is 3.58. The van der Waals surface area contributed by atoms with Crippen LogP contribution >= 0.6 is 0 Å². The maximum Gasteiger partial charge on any atom is 0.253 e. The molecule has 5 rings (SSSR count). The van der Waals surface area contributed by atoms with E-state index in [2.05, 4.69) is 10.2 Å². The summed E-state index contributed by atoms with van der Waals surface area (Å²) in [5.74, 6) is -0.598. The normalized spacial score (nSPS) is 19.3. The molecule has 1 N–H and O–H groups in total. The topological polar surface area (TPSA) is 90.0 Å². The zero-order chi connectivity index (χ0) is 24.5. The van der Waals surface area contributed by atoms with Crippen molar-refractivity contribution in [2.75, 3.05) is 41.3 Å². The molecule has 3 heterocycles. The third-order valence-corrected chi connectivity index (χ3v) is 7.12. The Bertz CT molecular complexity index is 1190. The lowest BCUT2D eigenvalue weighted by molar-refractivity contribution is -0.123. The number of amides is 3. The van der Waals surface area contributed by atoms with Crippen LogP contribution in [0.3, 0.4) is 0 Å². The van der Waals surface area contributed by atoms with Gasteiger partial charge in [0.2, 0.25) is 11.8 Å². The van der Waals surface area contributed by atoms with Crippen LogP contribution in [0.2, 0.25) is 0 Å². The van der Waals surface area contributed by atoms with Crippen molar-refractivity contribution in [3.8, 4) is 0 Å². The highest BCUT2D eigenvalue weighted by Crippen LogP contribution is 2.40. The van der Waals surface area contributed by atoms with Crippen molar-refractivity contribution in [3.63, 3.8) is 0 Å². The summed E-state index contributed by atoms with van der Waals surface area (Å²) in [6.07, 6.45) is 4.71. The number of likely N-dealkylation sites (tertiary alicyclic amines) is 1. The first-order chi connectivity index (χ1) is 16.9. The Hall–Kier alpha value is -3.68. The quantitative estimate of drug-likeness (QED) is 0.671. The van der Waals surface area contributed by atoms with Crippen LogP contribution in [0.25, 0.3) is 0 Å². The van der Waals surface area contributed by atoms with Gasteiger partial charge in [-0.25, -0.2) is 0 Å². The molecule has 0 aromatic heterocycles. The van der Waals surface area contributed by atoms with Crippen LogP contribution in [0, 0.1) is 0 Å². The van der Waals surface area contributed by atoms with E-state index in [1.54, 1.807) is 30.3 Å². The monoisotopic (exact) mass is 474 g/mol. The summed E-state index contributed by atoms with van der Waals surface area (Å²) in [4.78, 5) is 56.8. The number of rotatable bonds is 5. The number of ketones is 1. The minimum Gasteiger partial charge on any atom is -0.358 e. The summed E-state index contributed by atoms with van der Waals surface area (Å²) < 4.78 is 0. The van der Waals surface area contributed by atoms with Gasteiger partial charge in [-0.15, -0.1) is 0 Å². The first-order valence-electron chi connectivity index (χ1n) is 12.3. The van der Waals surface area contributed by atoms with Gasteiger partial charge in [-0.05, 0) is 69.4 Å². The molecule has 3 amide bonds. The lowest BCUT2D eigenvalue weighted by atomic mass is 9.95. The highest BCUT2D eigenvalue weighted by Gasteiger charge is 2.40. The molecular formula is C27H30N4O4. The lowest BCUT2D eigenvalue weighted by Crippen LogP contribution is -2.56. The summed E-state index contributed by atoms with van der Waals surface area (Å²) in [7, 11) is 0. The highest BCUT2D eigenvalue weighted by molar-refractivity contribution is 6.11. The largest absolute Gasteiger partial charge is 0.358 e. The fraction of sp³-hybridized carbons (Fsp3) is 0.407. The van der Waals surface area contributed by atoms with Crippen LogP contribution in [0.1, 0.15) is 59.7 Å². The third kappa shape index (κ3) is 4.52. The van der Waals surface area contributed by atoms with E-state index in [4.69, 9.17) is 0 Å². The molecule has 0 radical (unpaired) electrons. The number of hydrogen-bond donors (Lipinski definition) is 1. The number of fused-ring (bicyclic) bond motifs is 3. The van der Waals surface area contributed by atoms with Crippen molar-refractivity contribution in [1.82, 2.24) is 4.90 Å². The standard InChI is InChI=1S/C27H30N4O4/c1-18(32)19-7-6-8-21(15-19)28-25(33)17-31-24-16-20(26(34)29-12-4-5-13-29)10-11-22(24)30-14-3-2-9-23(30)27(31)35/h6-8,10-11,15-16,23H,2-5,9,12-14,17H2,1H3,(H,28,33). The van der Waals surface area contributed by atoms with E-state index < -0.39 is 0 Å². The minimum atomic E-state index is -0.356. The van der Waals surface area contributed by atoms with Crippen molar-refractivity contribution in [1.29, 1.82) is 0 Å². The summed E-state index contributed by atoms with van der Waals surface area (Å²) in [5, 5.41) is 2.82. The van der Waals surface area contributed by atoms with Gasteiger partial charge in [0.25, 0.3) is 5.91 Å². The Labute approximate surface area is 204 Å². The molecule has 182 valence electrons. The van der Waals surface area contributed by atoms with Crippen LogP contribution in [0.5, 0.6) is 0 Å². The zero-order valence-electron chi connectivity index (χ0n) is 20.0. The summed E-state index contributed by atoms with van der Waals surface area (Å²) in [5.41, 5.74) is 3.03. The molecule has 3 aliphatic heterocycles. The Morgan fingerprint density at radius 1 is 0.914 bits per heavy atom. The summed E-state index contributed by atoms with van der Waals surface area (Å²) in [6, 6.07) is 12.0. The molecule has 2 fully saturated rings. The molecule has 8 heteroatoms. The number of piperidine rings is 1. The molecule has 3 aliphatic rings. The van der Waals surface area contributed by atoms with E-state index >= 15 is 0 Å². The molecule has 0 bridgehead atoms. The molecule has 2 aromatic carbocycles. The maximum absolute atomic E-state index is 13.6. The number of carbonyl (C=O) groups excluding carboxylic acids is 4. The average Bonchev–Trinajstić information content (AvgIpc) is 3.41. The van der Waals surface area contributed by atoms with Crippen LogP contribution in [0.4, 0.5) is 17.1 Å². The maximum atomic E-state index is 13.6. The number of anilines is 3. The highest BCUT2D eigenvalue weighted by atomic mass is 16.2. The Morgan fingerprint density at radius 3 is 2.46 bits per heavy atom. The molecule has 0 saturated carbocycles. The van der Waals surface area contributed by atoms with Crippen molar-refractivity contribution in [2.45, 2.75) is 45.1 Å². The van der Waals surface area contributed by atoms with Gasteiger partial charge >= 0.3 is 0 Å². The molecule has 2 aromatic rings. The van der Waals surface area contributed by atoms with Gasteiger partial charge in [0.1, 0.15) is 12.6 Å². The molecular weight excluding hydrogens is 444 g/mol. The fourth-order valence-corrected chi connectivity index (χ4v) is 5.32. The molecule has 35 heavy (non-hydrogen) atoms. The van der Waals surface area contributed by atoms with Crippen molar-refractivity contribution < 1.29 is 19.2 Å². The SMILES string of the molecule is CC(=O)c1cccc(NC(=O)CN2C(=O)C3CCCCN3c3ccc(C(=O)N4CCCC4)cc32)c1. The van der Waals surface area contributed by atoms with E-state index in [9.17, 15) is 19.2 Å². The first kappa shape index (κ1) is 23.1. The van der Waals surface area contributed by atoms with Crippen molar-refractivity contribution in [3.05, 3.63) is 53.6 Å². The second-order valence-corrected chi connectivity index (χ2v) is 9.52. The Balaban J connectivity index is 1.44. The first-order valence-corrected chi connectivity index (χ1v) is 12.3. The predicted octanol–water partition coefficient (Wildman–Crippen LogP) is 3.47. The predicted molar refractivity (Wildman–Crippen MR) is 134 cm³/mol. The van der Waals surface area contributed by atoms with Crippen LogP contribution in [0.15, 0.2) is 42.5 Å². The second kappa shape index (κ2) is 9.52. The van der Waals surface area contributed by atoms with Gasteiger partial charge < -0.3 is 15.1 Å². The number of hydrogen-bond acceptors (Lipinski definition) is 5. The third-order valence-electron chi connectivity index (χ3n) is 7.12. The Kier molecular flexibility index (Phi) is 6.28. The summed E-state index contributed by atoms with van der Waals surface area (Å²) >= 11 is 0. The van der Waals surface area contributed by atoms with Gasteiger partial charge in [0.05, 0.1) is 11.4 Å². The second-order valence-electron chi connectivity index (χ2n) is 9.52. The number of nitrogens with one attached hydrogen (secondary N) is 1. The molecule has 1 atom stereocenters. The smallest absolute Gasteiger partial charge is 0.253 e. The van der Waals surface area contributed by atoms with Gasteiger partial charge in [-0.2, -0.15) is 0 Å². The van der Waals surface area contributed by atoms with Crippen LogP contribution in [-0.4, -0.2) is 60.6 Å². The molecule has 1 unspecified atom stereocenters. The van der Waals surface area contributed by atoms with E-state index in [1.807, 2.05) is 17.0 Å². The van der Waals surface area contributed by atoms with Crippen LogP contribution in [-0.2, 0) is 9.59 Å². The van der Waals surface area contributed by atoms with Gasteiger partial charge in [0.15, 0.2) is 5.78 Å². The van der Waals surface area contributed by atoms with Crippen molar-refractivity contribution in [2.24, 2.45) is 0 Å². The molecule has 2 saturated heterocycles. The number of benzene rings is 2. The minimum absolute atomic E-state index is 0.0380. The van der Waals surface area contributed by atoms with Gasteiger partial charge in [0, 0.05) is 36.4 Å². The van der Waals surface area contributed by atoms with Crippen molar-refractivity contribution >= 4 is 40.6 Å². The number of nitrogens with zero attached hydrogens (tertiary/aromatic N) is 3. The molecule has 0 aliphatic carbocycles. The lowest BCUT2D eigenvalue weighted by Gasteiger charge is -2.45. The van der Waals surface area contributed by atoms with E-state index in [1.165, 1.54) is 11.8 Å². The molecule has 8 nitrogen and oxygen atoms in total. The van der Waals surface area contributed by atoms with Crippen LogP contribution < -0.4 is 15.1 Å². The number of Topliss-reactive ketones (excluding diaryl/α,β-unsaturated/α-hetero) is 1. The van der Waals surface area contributed by atoms with Gasteiger partial charge in [-0.1, -0.05) is 12.1 Å². The zero-order valence-corrected chi connectivity index (χ0v) is 20.0. The van der Waals surface area contributed by atoms with E-state index in [0.29, 0.717) is 22.5 Å². The van der Waals surface area contributed by atoms with Gasteiger partial charge in [-0.3, -0.25) is 24.1 Å². The number of carbonyl (C=O) groups is 4. The van der Waals surface area contributed by atoms with E-state index in [0.717, 1.165) is 57.4 Å². The Morgan fingerprint density at radius 2 is 1.69 bits per heavy atom. The van der Waals surface area contributed by atoms with E-state index in [-0.39, 0.29) is 36.1 Å². The molecule has 0 spiro atoms. The fourth-order valence-electron chi connectivity index (χ4n) is 5.32. The average molecular weight is 475 g/mol.